The summed E-state index contributed by atoms with van der Waals surface area (Å²) < 4.78 is 2.35. The molecule has 5 rings (SSSR count). The Balaban J connectivity index is 1.31. The van der Waals surface area contributed by atoms with Gasteiger partial charge < -0.3 is 14.8 Å². The van der Waals surface area contributed by atoms with E-state index in [1.807, 2.05) is 0 Å². The molecule has 1 aliphatic carbocycles. The van der Waals surface area contributed by atoms with Crippen LogP contribution in [0.4, 0.5) is 5.95 Å². The van der Waals surface area contributed by atoms with Crippen molar-refractivity contribution < 1.29 is 4.79 Å². The molecule has 3 aromatic rings. The third kappa shape index (κ3) is 4.64. The molecular formula is C28H36N4O. The summed E-state index contributed by atoms with van der Waals surface area (Å²) in [6.45, 7) is 7.00. The molecule has 2 atom stereocenters. The average molecular weight is 445 g/mol. The lowest BCUT2D eigenvalue weighted by Gasteiger charge is -2.35. The quantitative estimate of drug-likeness (QED) is 0.581. The third-order valence-electron chi connectivity index (χ3n) is 7.81. The fourth-order valence-electron chi connectivity index (χ4n) is 5.59. The van der Waals surface area contributed by atoms with Crippen molar-refractivity contribution in [3.63, 3.8) is 0 Å². The smallest absolute Gasteiger partial charge is 0.223 e. The van der Waals surface area contributed by atoms with Gasteiger partial charge in [-0.3, -0.25) is 4.79 Å². The van der Waals surface area contributed by atoms with Crippen molar-refractivity contribution in [2.45, 2.75) is 65.0 Å². The van der Waals surface area contributed by atoms with E-state index in [-0.39, 0.29) is 11.8 Å². The second kappa shape index (κ2) is 9.58. The fourth-order valence-corrected chi connectivity index (χ4v) is 5.59. The van der Waals surface area contributed by atoms with E-state index in [1.54, 1.807) is 0 Å². The summed E-state index contributed by atoms with van der Waals surface area (Å²) in [6, 6.07) is 17.3. The fraction of sp³-hybridized carbons (Fsp3) is 0.500. The minimum atomic E-state index is 0.115. The highest BCUT2D eigenvalue weighted by atomic mass is 16.2. The van der Waals surface area contributed by atoms with Gasteiger partial charge in [0.25, 0.3) is 0 Å². The normalized spacial score (nSPS) is 21.9. The first kappa shape index (κ1) is 22.0. The van der Waals surface area contributed by atoms with Crippen molar-refractivity contribution >= 4 is 22.9 Å². The Bertz CT molecular complexity index is 1110. The van der Waals surface area contributed by atoms with Crippen LogP contribution in [0.3, 0.4) is 0 Å². The Morgan fingerprint density at radius 3 is 2.52 bits per heavy atom. The lowest BCUT2D eigenvalue weighted by Crippen LogP contribution is -2.47. The lowest BCUT2D eigenvalue weighted by molar-refractivity contribution is -0.126. The number of carbonyl (C=O) groups is 1. The second-order valence-electron chi connectivity index (χ2n) is 10.1. The Morgan fingerprint density at radius 2 is 1.73 bits per heavy atom. The molecule has 1 aliphatic heterocycles. The zero-order valence-electron chi connectivity index (χ0n) is 20.0. The van der Waals surface area contributed by atoms with Crippen LogP contribution in [0.25, 0.3) is 11.0 Å². The van der Waals surface area contributed by atoms with Crippen LogP contribution >= 0.6 is 0 Å². The maximum Gasteiger partial charge on any atom is 0.223 e. The molecule has 1 N–H and O–H groups in total. The minimum Gasteiger partial charge on any atom is -0.353 e. The first-order chi connectivity index (χ1) is 16.1. The predicted octanol–water partition coefficient (Wildman–Crippen LogP) is 5.30. The van der Waals surface area contributed by atoms with E-state index in [2.05, 4.69) is 77.2 Å². The molecule has 0 unspecified atom stereocenters. The molecule has 174 valence electrons. The van der Waals surface area contributed by atoms with Gasteiger partial charge >= 0.3 is 0 Å². The number of nitrogens with zero attached hydrogens (tertiary/aromatic N) is 3. The van der Waals surface area contributed by atoms with Gasteiger partial charge in [0.2, 0.25) is 11.9 Å². The van der Waals surface area contributed by atoms with Crippen molar-refractivity contribution in [3.05, 3.63) is 59.7 Å². The molecule has 2 fully saturated rings. The molecule has 5 nitrogen and oxygen atoms in total. The highest BCUT2D eigenvalue weighted by Crippen LogP contribution is 2.29. The van der Waals surface area contributed by atoms with Crippen LogP contribution in [-0.2, 0) is 11.3 Å². The van der Waals surface area contributed by atoms with Crippen molar-refractivity contribution in [3.8, 4) is 0 Å². The lowest BCUT2D eigenvalue weighted by atomic mass is 9.85. The van der Waals surface area contributed by atoms with E-state index in [4.69, 9.17) is 4.98 Å². The summed E-state index contributed by atoms with van der Waals surface area (Å²) in [6.07, 6.45) is 6.69. The maximum absolute atomic E-state index is 13.0. The molecule has 1 aromatic heterocycles. The molecule has 1 saturated heterocycles. The molecule has 2 aromatic carbocycles. The van der Waals surface area contributed by atoms with Crippen LogP contribution in [0.2, 0.25) is 0 Å². The Morgan fingerprint density at radius 1 is 1.00 bits per heavy atom. The number of carbonyl (C=O) groups excluding carboxylic acids is 1. The summed E-state index contributed by atoms with van der Waals surface area (Å²) in [5.74, 6) is 2.01. The number of hydrogen-bond donors (Lipinski definition) is 1. The molecule has 2 aliphatic rings. The van der Waals surface area contributed by atoms with Crippen LogP contribution in [0, 0.1) is 18.8 Å². The van der Waals surface area contributed by atoms with Gasteiger partial charge in [-0.25, -0.2) is 4.98 Å². The average Bonchev–Trinajstić information content (AvgIpc) is 3.20. The standard InChI is InChI=1S/C28H36N4O/c1-20-9-3-5-11-23(20)19-32-26-14-8-7-13-25(26)30-28(32)31-17-15-22(16-18-31)27(33)29-24-12-6-4-10-21(24)2/h3,5,7-9,11,13-14,21-22,24H,4,6,10,12,15-19H2,1-2H3,(H,29,33)/t21-,24+/m0/s1. The Kier molecular flexibility index (Phi) is 6.39. The van der Waals surface area contributed by atoms with Crippen LogP contribution in [0.5, 0.6) is 0 Å². The van der Waals surface area contributed by atoms with Crippen LogP contribution in [0.1, 0.15) is 56.6 Å². The van der Waals surface area contributed by atoms with Gasteiger partial charge in [0.05, 0.1) is 17.6 Å². The highest BCUT2D eigenvalue weighted by molar-refractivity contribution is 5.80. The van der Waals surface area contributed by atoms with E-state index in [1.165, 1.54) is 35.9 Å². The number of fused-ring (bicyclic) bond motifs is 1. The van der Waals surface area contributed by atoms with E-state index < -0.39 is 0 Å². The van der Waals surface area contributed by atoms with Gasteiger partial charge in [-0.2, -0.15) is 0 Å². The Hall–Kier alpha value is -2.82. The van der Waals surface area contributed by atoms with Gasteiger partial charge in [0, 0.05) is 25.0 Å². The first-order valence-electron chi connectivity index (χ1n) is 12.7. The molecule has 0 spiro atoms. The topological polar surface area (TPSA) is 50.2 Å². The molecule has 0 bridgehead atoms. The number of piperidine rings is 1. The summed E-state index contributed by atoms with van der Waals surface area (Å²) in [5, 5.41) is 3.39. The number of anilines is 1. The number of hydrogen-bond acceptors (Lipinski definition) is 3. The largest absolute Gasteiger partial charge is 0.353 e. The number of rotatable bonds is 5. The zero-order chi connectivity index (χ0) is 22.8. The summed E-state index contributed by atoms with van der Waals surface area (Å²) >= 11 is 0. The number of imidazole rings is 1. The van der Waals surface area contributed by atoms with Gasteiger partial charge in [-0.1, -0.05) is 56.2 Å². The van der Waals surface area contributed by atoms with Gasteiger partial charge in [-0.15, -0.1) is 0 Å². The van der Waals surface area contributed by atoms with Crippen molar-refractivity contribution in [1.29, 1.82) is 0 Å². The molecule has 1 amide bonds. The zero-order valence-corrected chi connectivity index (χ0v) is 20.0. The number of aryl methyl sites for hydroxylation is 1. The predicted molar refractivity (Wildman–Crippen MR) is 135 cm³/mol. The first-order valence-corrected chi connectivity index (χ1v) is 12.7. The number of amides is 1. The SMILES string of the molecule is Cc1ccccc1Cn1c(N2CCC(C(=O)N[C@@H]3CCCC[C@@H]3C)CC2)nc2ccccc21. The van der Waals surface area contributed by atoms with E-state index in [0.29, 0.717) is 12.0 Å². The van der Waals surface area contributed by atoms with Gasteiger partial charge in [-0.05, 0) is 61.8 Å². The van der Waals surface area contributed by atoms with Crippen molar-refractivity contribution in [2.24, 2.45) is 11.8 Å². The summed E-state index contributed by atoms with van der Waals surface area (Å²) in [7, 11) is 0. The molecule has 33 heavy (non-hydrogen) atoms. The number of nitrogens with one attached hydrogen (secondary N) is 1. The van der Waals surface area contributed by atoms with Crippen LogP contribution in [0.15, 0.2) is 48.5 Å². The summed E-state index contributed by atoms with van der Waals surface area (Å²) in [5.41, 5.74) is 4.82. The van der Waals surface area contributed by atoms with E-state index in [9.17, 15) is 4.79 Å². The minimum absolute atomic E-state index is 0.115. The van der Waals surface area contributed by atoms with Crippen LogP contribution in [-0.4, -0.2) is 34.6 Å². The van der Waals surface area contributed by atoms with Crippen molar-refractivity contribution in [1.82, 2.24) is 14.9 Å². The van der Waals surface area contributed by atoms with Crippen molar-refractivity contribution in [2.75, 3.05) is 18.0 Å². The van der Waals surface area contributed by atoms with E-state index in [0.717, 1.165) is 50.4 Å². The molecule has 2 heterocycles. The number of para-hydroxylation sites is 2. The van der Waals surface area contributed by atoms with Gasteiger partial charge in [0.15, 0.2) is 0 Å². The number of benzene rings is 2. The monoisotopic (exact) mass is 444 g/mol. The Labute approximate surface area is 197 Å². The molecule has 1 saturated carbocycles. The third-order valence-corrected chi connectivity index (χ3v) is 7.81. The number of aromatic nitrogens is 2. The summed E-state index contributed by atoms with van der Waals surface area (Å²) in [4.78, 5) is 20.4. The maximum atomic E-state index is 13.0. The molecule has 0 radical (unpaired) electrons. The molecular weight excluding hydrogens is 408 g/mol. The highest BCUT2D eigenvalue weighted by Gasteiger charge is 2.30. The molecule has 5 heteroatoms. The van der Waals surface area contributed by atoms with E-state index >= 15 is 0 Å². The van der Waals surface area contributed by atoms with Crippen LogP contribution < -0.4 is 10.2 Å². The second-order valence-corrected chi connectivity index (χ2v) is 10.1. The van der Waals surface area contributed by atoms with Gasteiger partial charge in [0.1, 0.15) is 0 Å².